The first-order valence-electron chi connectivity index (χ1n) is 13.7. The number of nitrogens with one attached hydrogen (secondary N) is 3. The van der Waals surface area contributed by atoms with E-state index in [1.165, 1.54) is 13.3 Å². The molecule has 45 heavy (non-hydrogen) atoms. The van der Waals surface area contributed by atoms with Gasteiger partial charge in [-0.3, -0.25) is 5.43 Å². The second-order valence-corrected chi connectivity index (χ2v) is 10.9. The highest BCUT2D eigenvalue weighted by molar-refractivity contribution is 6.36. The Bertz CT molecular complexity index is 1620. The molecule has 2 atom stereocenters. The number of rotatable bonds is 13. The molecule has 2 amide bonds. The van der Waals surface area contributed by atoms with E-state index in [9.17, 15) is 14.7 Å². The molecule has 0 spiro atoms. The summed E-state index contributed by atoms with van der Waals surface area (Å²) < 4.78 is 22.4. The Balaban J connectivity index is 1.43. The highest BCUT2D eigenvalue weighted by Gasteiger charge is 2.32. The van der Waals surface area contributed by atoms with E-state index in [2.05, 4.69) is 21.2 Å². The largest absolute Gasteiger partial charge is 0.490 e. The van der Waals surface area contributed by atoms with Gasteiger partial charge in [0.25, 0.3) is 0 Å². The first-order chi connectivity index (χ1) is 21.6. The molecule has 0 unspecified atom stereocenters. The van der Waals surface area contributed by atoms with Crippen LogP contribution < -0.4 is 30.3 Å². The molecular weight excluding hydrogens is 647 g/mol. The molecule has 3 aromatic rings. The zero-order chi connectivity index (χ0) is 32.5. The molecule has 0 aliphatic carbocycles. The first-order valence-corrected chi connectivity index (χ1v) is 14.8. The summed E-state index contributed by atoms with van der Waals surface area (Å²) in [6, 6.07) is 14.1. The van der Waals surface area contributed by atoms with Gasteiger partial charge in [-0.05, 0) is 61.4 Å². The maximum atomic E-state index is 12.5. The smallest absolute Gasteiger partial charge is 0.337 e. The minimum Gasteiger partial charge on any atom is -0.490 e. The summed E-state index contributed by atoms with van der Waals surface area (Å²) in [5, 5.41) is 21.2. The predicted octanol–water partition coefficient (Wildman–Crippen LogP) is 5.75. The summed E-state index contributed by atoms with van der Waals surface area (Å²) in [7, 11) is 1.27. The van der Waals surface area contributed by atoms with E-state index in [0.29, 0.717) is 50.7 Å². The molecule has 11 nitrogen and oxygen atoms in total. The third-order valence-corrected chi connectivity index (χ3v) is 7.14. The Morgan fingerprint density at radius 3 is 2.60 bits per heavy atom. The lowest BCUT2D eigenvalue weighted by Crippen LogP contribution is -2.45. The second kappa shape index (κ2) is 15.7. The van der Waals surface area contributed by atoms with Crippen LogP contribution in [0.4, 0.5) is 4.79 Å². The minimum absolute atomic E-state index is 0.206. The first kappa shape index (κ1) is 33.7. The lowest BCUT2D eigenvalue weighted by Gasteiger charge is -2.28. The van der Waals surface area contributed by atoms with Crippen molar-refractivity contribution >= 4 is 53.0 Å². The molecule has 0 saturated heterocycles. The summed E-state index contributed by atoms with van der Waals surface area (Å²) >= 11 is 18.6. The number of aliphatic hydroxyl groups is 1. The summed E-state index contributed by atoms with van der Waals surface area (Å²) in [4.78, 5) is 24.6. The summed E-state index contributed by atoms with van der Waals surface area (Å²) in [6.07, 6.45) is 0.192. The van der Waals surface area contributed by atoms with Crippen molar-refractivity contribution in [2.75, 3.05) is 20.3 Å². The lowest BCUT2D eigenvalue weighted by atomic mass is 9.95. The van der Waals surface area contributed by atoms with Crippen molar-refractivity contribution in [3.63, 3.8) is 0 Å². The minimum atomic E-state index is -1.22. The molecule has 4 N–H and O–H groups in total. The van der Waals surface area contributed by atoms with Gasteiger partial charge >= 0.3 is 12.0 Å². The number of nitrogens with zero attached hydrogens (tertiary/aromatic N) is 1. The van der Waals surface area contributed by atoms with Crippen molar-refractivity contribution in [1.82, 2.24) is 16.1 Å². The fraction of sp³-hybridized carbons (Fsp3) is 0.258. The quantitative estimate of drug-likeness (QED) is 0.0777. The van der Waals surface area contributed by atoms with Crippen LogP contribution in [0.15, 0.2) is 71.0 Å². The van der Waals surface area contributed by atoms with Crippen molar-refractivity contribution in [3.8, 4) is 17.2 Å². The molecule has 0 bridgehead atoms. The highest BCUT2D eigenvalue weighted by atomic mass is 35.5. The van der Waals surface area contributed by atoms with Gasteiger partial charge < -0.3 is 34.7 Å². The van der Waals surface area contributed by atoms with Gasteiger partial charge in [-0.2, -0.15) is 5.10 Å². The van der Waals surface area contributed by atoms with E-state index in [-0.39, 0.29) is 23.8 Å². The van der Waals surface area contributed by atoms with Gasteiger partial charge in [-0.25, -0.2) is 9.59 Å². The van der Waals surface area contributed by atoms with Crippen LogP contribution in [-0.2, 0) is 16.1 Å². The number of carbonyl (C=O) groups excluding carboxylic acids is 2. The summed E-state index contributed by atoms with van der Waals surface area (Å²) in [6.45, 7) is 3.73. The number of hydrogen-bond acceptors (Lipinski definition) is 9. The molecule has 0 fully saturated rings. The van der Waals surface area contributed by atoms with E-state index in [0.717, 1.165) is 5.56 Å². The van der Waals surface area contributed by atoms with Crippen LogP contribution in [0.5, 0.6) is 17.2 Å². The zero-order valence-electron chi connectivity index (χ0n) is 24.5. The van der Waals surface area contributed by atoms with Crippen molar-refractivity contribution in [2.45, 2.75) is 32.7 Å². The molecule has 1 heterocycles. The number of allylic oxidation sites excluding steroid dienone is 1. The monoisotopic (exact) mass is 676 g/mol. The fourth-order valence-corrected chi connectivity index (χ4v) is 5.20. The van der Waals surface area contributed by atoms with Crippen LogP contribution in [0, 0.1) is 0 Å². The second-order valence-electron chi connectivity index (χ2n) is 9.64. The molecule has 0 aromatic heterocycles. The number of methoxy groups -OCH3 is 1. The van der Waals surface area contributed by atoms with Crippen LogP contribution >= 0.6 is 34.8 Å². The van der Waals surface area contributed by atoms with Gasteiger partial charge in [-0.15, -0.1) is 0 Å². The molecular formula is C31H31Cl3N4O7. The van der Waals surface area contributed by atoms with Crippen molar-refractivity contribution in [3.05, 3.63) is 97.6 Å². The molecule has 1 aliphatic heterocycles. The highest BCUT2D eigenvalue weighted by Crippen LogP contribution is 2.35. The summed E-state index contributed by atoms with van der Waals surface area (Å²) in [5.74, 6) is 0.432. The van der Waals surface area contributed by atoms with Crippen molar-refractivity contribution in [1.29, 1.82) is 0 Å². The standard InChI is InChI=1S/C31H31Cl3N4O7/c1-4-43-25-12-19(28-27(30(40)42-3)17(2)36-31(41)37-28)8-9-24(25)44-16-26(39)38-35-14-20-11-22(33)13-23(34)29(20)45-15-18-6-5-7-21(32)10-18/h5-14,26,28,38-39H,4,15-16H2,1-3H3,(H2,36,37,41)/b35-14+/t26-,28-/m1/s1. The Hall–Kier alpha value is -4.16. The molecule has 0 saturated carbocycles. The lowest BCUT2D eigenvalue weighted by molar-refractivity contribution is -0.136. The van der Waals surface area contributed by atoms with Gasteiger partial charge in [0.2, 0.25) is 0 Å². The molecule has 4 rings (SSSR count). The molecule has 0 radical (unpaired) electrons. The van der Waals surface area contributed by atoms with Crippen LogP contribution in [0.1, 0.15) is 36.6 Å². The fourth-order valence-electron chi connectivity index (χ4n) is 4.43. The van der Waals surface area contributed by atoms with Crippen LogP contribution in [0.2, 0.25) is 15.1 Å². The average molecular weight is 678 g/mol. The maximum absolute atomic E-state index is 12.5. The zero-order valence-corrected chi connectivity index (χ0v) is 26.8. The number of aliphatic hydroxyl groups excluding tert-OH is 1. The van der Waals surface area contributed by atoms with Crippen LogP contribution in [0.25, 0.3) is 0 Å². The maximum Gasteiger partial charge on any atom is 0.337 e. The van der Waals surface area contributed by atoms with Gasteiger partial charge in [0.15, 0.2) is 17.7 Å². The van der Waals surface area contributed by atoms with Crippen LogP contribution in [0.3, 0.4) is 0 Å². The van der Waals surface area contributed by atoms with E-state index < -0.39 is 24.3 Å². The number of ether oxygens (including phenoxy) is 4. The number of halogens is 3. The Morgan fingerprint density at radius 2 is 1.87 bits per heavy atom. The predicted molar refractivity (Wildman–Crippen MR) is 171 cm³/mol. The Labute approximate surface area is 275 Å². The van der Waals surface area contributed by atoms with Gasteiger partial charge in [0.05, 0.1) is 36.6 Å². The number of esters is 1. The normalized spacial score (nSPS) is 15.3. The molecule has 1 aliphatic rings. The van der Waals surface area contributed by atoms with E-state index in [1.807, 2.05) is 12.1 Å². The SMILES string of the molecule is CCOc1cc([C@H]2NC(=O)NC(C)=C2C(=O)OC)ccc1OC[C@@H](O)N/N=C/c1cc(Cl)cc(Cl)c1OCc1cccc(Cl)c1. The number of urea groups is 1. The third-order valence-electron chi connectivity index (χ3n) is 6.41. The number of amides is 2. The average Bonchev–Trinajstić information content (AvgIpc) is 2.99. The van der Waals surface area contributed by atoms with Crippen molar-refractivity contribution < 1.29 is 33.6 Å². The van der Waals surface area contributed by atoms with Gasteiger partial charge in [-0.1, -0.05) is 53.0 Å². The topological polar surface area (TPSA) is 140 Å². The molecule has 238 valence electrons. The third kappa shape index (κ3) is 8.95. The van der Waals surface area contributed by atoms with Crippen molar-refractivity contribution in [2.24, 2.45) is 5.10 Å². The van der Waals surface area contributed by atoms with E-state index >= 15 is 0 Å². The number of benzene rings is 3. The van der Waals surface area contributed by atoms with Crippen LogP contribution in [-0.4, -0.2) is 49.9 Å². The Morgan fingerprint density at radius 1 is 1.07 bits per heavy atom. The van der Waals surface area contributed by atoms with Gasteiger partial charge in [0, 0.05) is 21.3 Å². The molecule has 14 heteroatoms. The number of hydrazone groups is 1. The molecule has 3 aromatic carbocycles. The number of carbonyl (C=O) groups is 2. The summed E-state index contributed by atoms with van der Waals surface area (Å²) in [5.41, 5.74) is 5.11. The van der Waals surface area contributed by atoms with E-state index in [4.69, 9.17) is 53.8 Å². The Kier molecular flexibility index (Phi) is 11.8. The number of hydrogen-bond donors (Lipinski definition) is 4. The van der Waals surface area contributed by atoms with Gasteiger partial charge in [0.1, 0.15) is 19.0 Å². The van der Waals surface area contributed by atoms with E-state index in [1.54, 1.807) is 56.3 Å².